The number of nitrogens with zero attached hydrogens (tertiary/aromatic N) is 1. The lowest BCUT2D eigenvalue weighted by Crippen LogP contribution is -2.25. The molecule has 6 nitrogen and oxygen atoms in total. The summed E-state index contributed by atoms with van der Waals surface area (Å²) in [6.07, 6.45) is 0. The molecular formula is C19H21ClN2O4. The number of aromatic hydroxyl groups is 1. The maximum atomic E-state index is 12.5. The Labute approximate surface area is 157 Å². The van der Waals surface area contributed by atoms with Crippen molar-refractivity contribution in [2.45, 2.75) is 39.5 Å². The van der Waals surface area contributed by atoms with Crippen molar-refractivity contribution < 1.29 is 19.4 Å². The quantitative estimate of drug-likeness (QED) is 0.774. The number of allylic oxidation sites excluding steroid dienone is 2. The van der Waals surface area contributed by atoms with Crippen molar-refractivity contribution in [1.82, 2.24) is 0 Å². The molecule has 2 rings (SSSR count). The van der Waals surface area contributed by atoms with Gasteiger partial charge in [0.1, 0.15) is 23.2 Å². The van der Waals surface area contributed by atoms with Crippen molar-refractivity contribution in [1.29, 1.82) is 5.26 Å². The summed E-state index contributed by atoms with van der Waals surface area (Å²) in [4.78, 5) is 12.5. The Balaban J connectivity index is 2.78. The van der Waals surface area contributed by atoms with E-state index in [4.69, 9.17) is 26.8 Å². The largest absolute Gasteiger partial charge is 0.506 e. The average Bonchev–Trinajstić information content (AvgIpc) is 2.56. The van der Waals surface area contributed by atoms with E-state index >= 15 is 0 Å². The van der Waals surface area contributed by atoms with Gasteiger partial charge in [0.05, 0.1) is 23.1 Å². The predicted octanol–water partition coefficient (Wildman–Crippen LogP) is 3.81. The second-order valence-corrected chi connectivity index (χ2v) is 6.62. The van der Waals surface area contributed by atoms with Crippen LogP contribution in [0, 0.1) is 11.3 Å². The van der Waals surface area contributed by atoms with Crippen LogP contribution in [0.2, 0.25) is 5.02 Å². The van der Waals surface area contributed by atoms with Gasteiger partial charge in [-0.1, -0.05) is 31.5 Å². The van der Waals surface area contributed by atoms with E-state index in [1.54, 1.807) is 26.0 Å². The summed E-state index contributed by atoms with van der Waals surface area (Å²) < 4.78 is 10.5. The molecule has 0 bridgehead atoms. The van der Waals surface area contributed by atoms with Crippen LogP contribution >= 0.6 is 11.6 Å². The summed E-state index contributed by atoms with van der Waals surface area (Å²) in [6.45, 7) is 7.33. The number of rotatable bonds is 4. The van der Waals surface area contributed by atoms with E-state index in [0.717, 1.165) is 5.56 Å². The number of carbonyl (C=O) groups excluding carboxylic acids is 1. The van der Waals surface area contributed by atoms with Gasteiger partial charge in [-0.05, 0) is 31.4 Å². The van der Waals surface area contributed by atoms with Crippen LogP contribution in [0.15, 0.2) is 34.9 Å². The van der Waals surface area contributed by atoms with Crippen LogP contribution in [0.3, 0.4) is 0 Å². The molecule has 1 heterocycles. The minimum atomic E-state index is -0.927. The van der Waals surface area contributed by atoms with Crippen molar-refractivity contribution in [2.75, 3.05) is 6.61 Å². The molecule has 1 unspecified atom stereocenters. The molecule has 0 saturated heterocycles. The first-order chi connectivity index (χ1) is 12.2. The Hall–Kier alpha value is -2.65. The van der Waals surface area contributed by atoms with Gasteiger partial charge >= 0.3 is 5.97 Å². The van der Waals surface area contributed by atoms with Gasteiger partial charge in [-0.3, -0.25) is 0 Å². The minimum absolute atomic E-state index is 0.0194. The van der Waals surface area contributed by atoms with E-state index in [-0.39, 0.29) is 46.1 Å². The maximum Gasteiger partial charge on any atom is 0.338 e. The fourth-order valence-electron chi connectivity index (χ4n) is 2.86. The third-order valence-electron chi connectivity index (χ3n) is 4.19. The Morgan fingerprint density at radius 1 is 1.50 bits per heavy atom. The lowest BCUT2D eigenvalue weighted by Gasteiger charge is -2.28. The highest BCUT2D eigenvalue weighted by atomic mass is 35.5. The smallest absolute Gasteiger partial charge is 0.338 e. The first-order valence-electron chi connectivity index (χ1n) is 8.20. The van der Waals surface area contributed by atoms with Crippen LogP contribution in [0.1, 0.15) is 50.7 Å². The van der Waals surface area contributed by atoms with Gasteiger partial charge in [0.15, 0.2) is 0 Å². The topological polar surface area (TPSA) is 106 Å². The zero-order valence-corrected chi connectivity index (χ0v) is 15.8. The third-order valence-corrected chi connectivity index (χ3v) is 4.48. The summed E-state index contributed by atoms with van der Waals surface area (Å²) >= 11 is 6.19. The highest BCUT2D eigenvalue weighted by molar-refractivity contribution is 6.32. The van der Waals surface area contributed by atoms with Gasteiger partial charge in [0.25, 0.3) is 0 Å². The fourth-order valence-corrected chi connectivity index (χ4v) is 3.10. The fraction of sp³-hybridized carbons (Fsp3) is 0.368. The number of nitriles is 1. The van der Waals surface area contributed by atoms with Crippen LogP contribution in [0.4, 0.5) is 0 Å². The molecule has 1 aromatic rings. The number of nitrogens with two attached hydrogens (primary N) is 1. The standard InChI is InChI=1S/C19H21ClN2O4/c1-5-25-19(24)15-10(4)26-18(22)13(8-21)16(15)12-6-11(9(2)3)7-14(20)17(12)23/h6-7,9,16,23H,5,22H2,1-4H3. The first-order valence-corrected chi connectivity index (χ1v) is 8.58. The highest BCUT2D eigenvalue weighted by Crippen LogP contribution is 2.45. The summed E-state index contributed by atoms with van der Waals surface area (Å²) in [5, 5.41) is 20.3. The molecule has 138 valence electrons. The Morgan fingerprint density at radius 2 is 2.15 bits per heavy atom. The van der Waals surface area contributed by atoms with E-state index < -0.39 is 11.9 Å². The molecule has 1 atom stereocenters. The van der Waals surface area contributed by atoms with Crippen LogP contribution < -0.4 is 5.73 Å². The molecule has 0 amide bonds. The number of ether oxygens (including phenoxy) is 2. The van der Waals surface area contributed by atoms with E-state index in [1.807, 2.05) is 19.9 Å². The highest BCUT2D eigenvalue weighted by Gasteiger charge is 2.38. The Morgan fingerprint density at radius 3 is 2.69 bits per heavy atom. The van der Waals surface area contributed by atoms with Gasteiger partial charge in [-0.15, -0.1) is 0 Å². The molecule has 0 radical (unpaired) electrons. The molecule has 3 N–H and O–H groups in total. The number of phenols is 1. The zero-order valence-electron chi connectivity index (χ0n) is 15.1. The molecule has 1 aromatic carbocycles. The van der Waals surface area contributed by atoms with Crippen molar-refractivity contribution in [3.05, 3.63) is 51.1 Å². The zero-order chi connectivity index (χ0) is 19.6. The number of phenolic OH excluding ortho intramolecular Hbond substituents is 1. The predicted molar refractivity (Wildman–Crippen MR) is 97.2 cm³/mol. The normalized spacial score (nSPS) is 17.2. The summed E-state index contributed by atoms with van der Waals surface area (Å²) in [5.74, 6) is -1.55. The third kappa shape index (κ3) is 3.49. The second-order valence-electron chi connectivity index (χ2n) is 6.21. The molecular weight excluding hydrogens is 356 g/mol. The Bertz CT molecular complexity index is 850. The van der Waals surface area contributed by atoms with Crippen LogP contribution in [0.25, 0.3) is 0 Å². The number of benzene rings is 1. The van der Waals surface area contributed by atoms with Gasteiger partial charge in [-0.2, -0.15) is 5.26 Å². The monoisotopic (exact) mass is 376 g/mol. The number of hydrogen-bond acceptors (Lipinski definition) is 6. The van der Waals surface area contributed by atoms with E-state index in [1.165, 1.54) is 0 Å². The van der Waals surface area contributed by atoms with Crippen LogP contribution in [0.5, 0.6) is 5.75 Å². The van der Waals surface area contributed by atoms with E-state index in [2.05, 4.69) is 0 Å². The summed E-state index contributed by atoms with van der Waals surface area (Å²) in [7, 11) is 0. The van der Waals surface area contributed by atoms with Gasteiger partial charge in [-0.25, -0.2) is 4.79 Å². The molecule has 1 aliphatic heterocycles. The number of halogens is 1. The van der Waals surface area contributed by atoms with Crippen molar-refractivity contribution in [3.63, 3.8) is 0 Å². The maximum absolute atomic E-state index is 12.5. The van der Waals surface area contributed by atoms with Crippen molar-refractivity contribution in [2.24, 2.45) is 5.73 Å². The molecule has 7 heteroatoms. The lowest BCUT2D eigenvalue weighted by atomic mass is 9.81. The van der Waals surface area contributed by atoms with E-state index in [9.17, 15) is 15.2 Å². The molecule has 0 fully saturated rings. The molecule has 0 aromatic heterocycles. The number of hydrogen-bond donors (Lipinski definition) is 2. The van der Waals surface area contributed by atoms with Crippen molar-refractivity contribution >= 4 is 17.6 Å². The number of esters is 1. The van der Waals surface area contributed by atoms with Crippen molar-refractivity contribution in [3.8, 4) is 11.8 Å². The van der Waals surface area contributed by atoms with Gasteiger partial charge < -0.3 is 20.3 Å². The first kappa shape index (κ1) is 19.7. The Kier molecular flexibility index (Phi) is 5.83. The summed E-state index contributed by atoms with van der Waals surface area (Å²) in [5.41, 5.74) is 7.16. The molecule has 1 aliphatic rings. The van der Waals surface area contributed by atoms with Gasteiger partial charge in [0.2, 0.25) is 5.88 Å². The SMILES string of the molecule is CCOC(=O)C1=C(C)OC(N)=C(C#N)C1c1cc(C(C)C)cc(Cl)c1O. The average molecular weight is 377 g/mol. The van der Waals surface area contributed by atoms with Crippen LogP contribution in [-0.4, -0.2) is 17.7 Å². The van der Waals surface area contributed by atoms with Gasteiger partial charge in [0, 0.05) is 5.56 Å². The van der Waals surface area contributed by atoms with E-state index in [0.29, 0.717) is 5.56 Å². The minimum Gasteiger partial charge on any atom is -0.506 e. The molecule has 26 heavy (non-hydrogen) atoms. The second kappa shape index (κ2) is 7.71. The molecule has 0 spiro atoms. The summed E-state index contributed by atoms with van der Waals surface area (Å²) in [6, 6.07) is 5.36. The lowest BCUT2D eigenvalue weighted by molar-refractivity contribution is -0.139. The number of carbonyl (C=O) groups is 1. The molecule has 0 saturated carbocycles. The van der Waals surface area contributed by atoms with Crippen LogP contribution in [-0.2, 0) is 14.3 Å². The molecule has 0 aliphatic carbocycles.